The van der Waals surface area contributed by atoms with Crippen LogP contribution in [-0.4, -0.2) is 12.6 Å². The molecule has 0 spiro atoms. The first-order valence-electron chi connectivity index (χ1n) is 4.89. The van der Waals surface area contributed by atoms with Crippen LogP contribution in [0.3, 0.4) is 0 Å². The zero-order valence-electron chi connectivity index (χ0n) is 8.49. The Morgan fingerprint density at radius 3 is 2.93 bits per heavy atom. The fraction of sp³-hybridized carbons (Fsp3) is 0.154. The molecule has 2 aromatic carbocycles. The fourth-order valence-corrected chi connectivity index (χ4v) is 1.54. The SMILES string of the molecule is CCOC(=O)c1cc[c]c2ccccc12. The van der Waals surface area contributed by atoms with Crippen molar-refractivity contribution >= 4 is 16.7 Å². The summed E-state index contributed by atoms with van der Waals surface area (Å²) in [6.45, 7) is 2.20. The number of ether oxygens (including phenoxy) is 1. The standard InChI is InChI=1S/C13H11O2/c1-2-15-13(14)12-9-5-7-10-6-3-4-8-11(10)12/h3-6,8-9H,2H2,1H3. The maximum Gasteiger partial charge on any atom is 0.338 e. The molecule has 0 bridgehead atoms. The molecule has 0 aromatic heterocycles. The Morgan fingerprint density at radius 2 is 2.13 bits per heavy atom. The van der Waals surface area contributed by atoms with E-state index in [1.807, 2.05) is 24.3 Å². The molecule has 15 heavy (non-hydrogen) atoms. The van der Waals surface area contributed by atoms with E-state index in [1.54, 1.807) is 19.1 Å². The summed E-state index contributed by atoms with van der Waals surface area (Å²) in [5.41, 5.74) is 0.603. The molecule has 0 amide bonds. The first kappa shape index (κ1) is 9.71. The third-order valence-corrected chi connectivity index (χ3v) is 2.20. The summed E-state index contributed by atoms with van der Waals surface area (Å²) in [5.74, 6) is -0.275. The zero-order chi connectivity index (χ0) is 10.7. The zero-order valence-corrected chi connectivity index (χ0v) is 8.49. The number of esters is 1. The van der Waals surface area contributed by atoms with Gasteiger partial charge in [0.15, 0.2) is 0 Å². The van der Waals surface area contributed by atoms with Gasteiger partial charge in [-0.2, -0.15) is 0 Å². The van der Waals surface area contributed by atoms with Gasteiger partial charge in [-0.1, -0.05) is 30.3 Å². The molecule has 2 nitrogen and oxygen atoms in total. The molecule has 75 valence electrons. The van der Waals surface area contributed by atoms with Crippen molar-refractivity contribution in [1.82, 2.24) is 0 Å². The molecule has 1 radical (unpaired) electrons. The second-order valence-electron chi connectivity index (χ2n) is 3.16. The van der Waals surface area contributed by atoms with Gasteiger partial charge < -0.3 is 4.74 Å². The highest BCUT2D eigenvalue weighted by atomic mass is 16.5. The molecule has 0 aliphatic carbocycles. The number of carbonyl (C=O) groups excluding carboxylic acids is 1. The van der Waals surface area contributed by atoms with Crippen molar-refractivity contribution < 1.29 is 9.53 Å². The van der Waals surface area contributed by atoms with Crippen LogP contribution in [0.25, 0.3) is 10.8 Å². The molecule has 0 saturated carbocycles. The van der Waals surface area contributed by atoms with Gasteiger partial charge in [-0.25, -0.2) is 4.79 Å². The Hall–Kier alpha value is -1.83. The van der Waals surface area contributed by atoms with E-state index in [0.29, 0.717) is 12.2 Å². The fourth-order valence-electron chi connectivity index (χ4n) is 1.54. The molecule has 2 heteroatoms. The lowest BCUT2D eigenvalue weighted by Crippen LogP contribution is -2.04. The molecule has 0 heterocycles. The molecule has 2 aromatic rings. The number of benzene rings is 2. The highest BCUT2D eigenvalue weighted by Crippen LogP contribution is 2.18. The van der Waals surface area contributed by atoms with Gasteiger partial charge in [-0.3, -0.25) is 0 Å². The molecule has 2 rings (SSSR count). The summed E-state index contributed by atoms with van der Waals surface area (Å²) < 4.78 is 4.98. The van der Waals surface area contributed by atoms with E-state index in [9.17, 15) is 4.79 Å². The lowest BCUT2D eigenvalue weighted by atomic mass is 10.1. The molecular weight excluding hydrogens is 188 g/mol. The maximum absolute atomic E-state index is 11.6. The van der Waals surface area contributed by atoms with Gasteiger partial charge in [0, 0.05) is 0 Å². The van der Waals surface area contributed by atoms with Crippen LogP contribution in [0.15, 0.2) is 36.4 Å². The molecule has 0 saturated heterocycles. The molecule has 0 atom stereocenters. The Kier molecular flexibility index (Phi) is 2.68. The quantitative estimate of drug-likeness (QED) is 0.695. The van der Waals surface area contributed by atoms with Gasteiger partial charge in [-0.15, -0.1) is 0 Å². The number of hydrogen-bond acceptors (Lipinski definition) is 2. The Labute approximate surface area is 88.5 Å². The van der Waals surface area contributed by atoms with E-state index in [1.165, 1.54) is 0 Å². The lowest BCUT2D eigenvalue weighted by Gasteiger charge is -2.04. The van der Waals surface area contributed by atoms with Crippen molar-refractivity contribution in [1.29, 1.82) is 0 Å². The summed E-state index contributed by atoms with van der Waals surface area (Å²) in [5, 5.41) is 1.82. The summed E-state index contributed by atoms with van der Waals surface area (Å²) >= 11 is 0. The van der Waals surface area contributed by atoms with Crippen LogP contribution in [-0.2, 0) is 4.74 Å². The van der Waals surface area contributed by atoms with E-state index < -0.39 is 0 Å². The molecule has 0 unspecified atom stereocenters. The van der Waals surface area contributed by atoms with Crippen molar-refractivity contribution in [3.63, 3.8) is 0 Å². The summed E-state index contributed by atoms with van der Waals surface area (Å²) in [4.78, 5) is 11.6. The monoisotopic (exact) mass is 199 g/mol. The number of carbonyl (C=O) groups is 1. The highest BCUT2D eigenvalue weighted by Gasteiger charge is 2.09. The minimum atomic E-state index is -0.275. The van der Waals surface area contributed by atoms with E-state index in [-0.39, 0.29) is 5.97 Å². The number of fused-ring (bicyclic) bond motifs is 1. The molecular formula is C13H11O2. The van der Waals surface area contributed by atoms with Gasteiger partial charge in [0.05, 0.1) is 12.2 Å². The van der Waals surface area contributed by atoms with E-state index in [4.69, 9.17) is 4.74 Å². The van der Waals surface area contributed by atoms with Crippen LogP contribution in [0.4, 0.5) is 0 Å². The minimum absolute atomic E-state index is 0.275. The molecule has 0 fully saturated rings. The highest BCUT2D eigenvalue weighted by molar-refractivity contribution is 6.04. The number of hydrogen-bond donors (Lipinski definition) is 0. The van der Waals surface area contributed by atoms with Crippen molar-refractivity contribution in [2.45, 2.75) is 6.92 Å². The third kappa shape index (κ3) is 1.84. The molecule has 0 N–H and O–H groups in total. The molecule has 0 aliphatic rings. The van der Waals surface area contributed by atoms with Gasteiger partial charge in [0.1, 0.15) is 0 Å². The molecule has 0 aliphatic heterocycles. The summed E-state index contributed by atoms with van der Waals surface area (Å²) in [6.07, 6.45) is 0. The largest absolute Gasteiger partial charge is 0.462 e. The Bertz CT molecular complexity index is 483. The van der Waals surface area contributed by atoms with Gasteiger partial charge >= 0.3 is 5.97 Å². The van der Waals surface area contributed by atoms with Gasteiger partial charge in [-0.05, 0) is 29.8 Å². The van der Waals surface area contributed by atoms with E-state index in [0.717, 1.165) is 10.8 Å². The normalized spacial score (nSPS) is 10.2. The van der Waals surface area contributed by atoms with E-state index >= 15 is 0 Å². The Balaban J connectivity index is 2.56. The first-order valence-corrected chi connectivity index (χ1v) is 4.89. The maximum atomic E-state index is 11.6. The van der Waals surface area contributed by atoms with Gasteiger partial charge in [0.25, 0.3) is 0 Å². The van der Waals surface area contributed by atoms with Crippen LogP contribution in [0, 0.1) is 6.07 Å². The van der Waals surface area contributed by atoms with Crippen molar-refractivity contribution in [3.05, 3.63) is 48.0 Å². The van der Waals surface area contributed by atoms with Crippen LogP contribution < -0.4 is 0 Å². The second-order valence-corrected chi connectivity index (χ2v) is 3.16. The Morgan fingerprint density at radius 1 is 1.33 bits per heavy atom. The van der Waals surface area contributed by atoms with Crippen LogP contribution in [0.2, 0.25) is 0 Å². The topological polar surface area (TPSA) is 26.3 Å². The first-order chi connectivity index (χ1) is 7.33. The second kappa shape index (κ2) is 4.13. The average Bonchev–Trinajstić information content (AvgIpc) is 2.28. The van der Waals surface area contributed by atoms with Crippen LogP contribution >= 0.6 is 0 Å². The van der Waals surface area contributed by atoms with Crippen molar-refractivity contribution in [2.75, 3.05) is 6.61 Å². The predicted molar refractivity (Wildman–Crippen MR) is 58.7 cm³/mol. The smallest absolute Gasteiger partial charge is 0.338 e. The predicted octanol–water partition coefficient (Wildman–Crippen LogP) is 2.82. The van der Waals surface area contributed by atoms with Crippen molar-refractivity contribution in [3.8, 4) is 0 Å². The summed E-state index contributed by atoms with van der Waals surface area (Å²) in [7, 11) is 0. The van der Waals surface area contributed by atoms with Crippen molar-refractivity contribution in [2.24, 2.45) is 0 Å². The minimum Gasteiger partial charge on any atom is -0.462 e. The van der Waals surface area contributed by atoms with Crippen LogP contribution in [0.1, 0.15) is 17.3 Å². The lowest BCUT2D eigenvalue weighted by molar-refractivity contribution is 0.0528. The number of rotatable bonds is 2. The van der Waals surface area contributed by atoms with Gasteiger partial charge in [0.2, 0.25) is 0 Å². The third-order valence-electron chi connectivity index (χ3n) is 2.20. The van der Waals surface area contributed by atoms with E-state index in [2.05, 4.69) is 6.07 Å². The average molecular weight is 199 g/mol. The van der Waals surface area contributed by atoms with Crippen LogP contribution in [0.5, 0.6) is 0 Å². The summed E-state index contributed by atoms with van der Waals surface area (Å²) in [6, 6.07) is 14.2.